The largest absolute Gasteiger partial charge is 0.381 e. The molecule has 1 aromatic heterocycles. The van der Waals surface area contributed by atoms with Gasteiger partial charge in [-0.25, -0.2) is 0 Å². The smallest absolute Gasteiger partial charge is 0.169 e. The van der Waals surface area contributed by atoms with Gasteiger partial charge in [0.1, 0.15) is 0 Å². The van der Waals surface area contributed by atoms with Gasteiger partial charge in [-0.15, -0.1) is 0 Å². The number of aromatic nitrogens is 1. The summed E-state index contributed by atoms with van der Waals surface area (Å²) in [4.78, 5) is 0. The fraction of sp³-hybridized carbons (Fsp3) is 0.250. The second-order valence-corrected chi connectivity index (χ2v) is 3.97. The van der Waals surface area contributed by atoms with Crippen molar-refractivity contribution in [2.24, 2.45) is 0 Å². The SMILES string of the molecule is Nc1cc(-c2ccc(C3COC3)cc2)on1. The van der Waals surface area contributed by atoms with Crippen LogP contribution >= 0.6 is 0 Å². The maximum absolute atomic E-state index is 5.50. The molecule has 0 atom stereocenters. The third-order valence-electron chi connectivity index (χ3n) is 2.83. The van der Waals surface area contributed by atoms with E-state index >= 15 is 0 Å². The van der Waals surface area contributed by atoms with Crippen molar-refractivity contribution in [3.8, 4) is 11.3 Å². The molecule has 0 aliphatic carbocycles. The van der Waals surface area contributed by atoms with E-state index in [-0.39, 0.29) is 0 Å². The van der Waals surface area contributed by atoms with Crippen LogP contribution in [-0.4, -0.2) is 18.4 Å². The van der Waals surface area contributed by atoms with Crippen molar-refractivity contribution in [1.82, 2.24) is 5.16 Å². The molecule has 1 aliphatic heterocycles. The van der Waals surface area contributed by atoms with Crippen LogP contribution in [0.5, 0.6) is 0 Å². The number of ether oxygens (including phenoxy) is 1. The van der Waals surface area contributed by atoms with Crippen LogP contribution in [0.3, 0.4) is 0 Å². The Morgan fingerprint density at radius 2 is 1.94 bits per heavy atom. The quantitative estimate of drug-likeness (QED) is 0.834. The molecule has 0 bridgehead atoms. The third-order valence-corrected chi connectivity index (χ3v) is 2.83. The summed E-state index contributed by atoms with van der Waals surface area (Å²) in [5.41, 5.74) is 7.80. The molecule has 82 valence electrons. The number of anilines is 1. The summed E-state index contributed by atoms with van der Waals surface area (Å²) in [5, 5.41) is 3.66. The van der Waals surface area contributed by atoms with Gasteiger partial charge in [0.15, 0.2) is 11.6 Å². The minimum absolute atomic E-state index is 0.409. The zero-order chi connectivity index (χ0) is 11.0. The zero-order valence-electron chi connectivity index (χ0n) is 8.72. The summed E-state index contributed by atoms with van der Waals surface area (Å²) in [6.45, 7) is 1.66. The molecule has 2 N–H and O–H groups in total. The molecule has 1 fully saturated rings. The van der Waals surface area contributed by atoms with Crippen molar-refractivity contribution in [2.75, 3.05) is 18.9 Å². The molecular weight excluding hydrogens is 204 g/mol. The predicted molar refractivity (Wildman–Crippen MR) is 59.9 cm³/mol. The number of rotatable bonds is 2. The van der Waals surface area contributed by atoms with Gasteiger partial charge in [-0.2, -0.15) is 0 Å². The number of benzene rings is 1. The first-order valence-electron chi connectivity index (χ1n) is 5.23. The Kier molecular flexibility index (Phi) is 2.15. The molecular formula is C12H12N2O2. The first kappa shape index (κ1) is 9.42. The second kappa shape index (κ2) is 3.64. The topological polar surface area (TPSA) is 61.3 Å². The maximum Gasteiger partial charge on any atom is 0.169 e. The Bertz CT molecular complexity index is 486. The fourth-order valence-electron chi connectivity index (χ4n) is 1.77. The molecule has 2 heterocycles. The average Bonchev–Trinajstić information content (AvgIpc) is 2.63. The second-order valence-electron chi connectivity index (χ2n) is 3.97. The normalized spacial score (nSPS) is 16.0. The van der Waals surface area contributed by atoms with Gasteiger partial charge in [-0.1, -0.05) is 29.4 Å². The number of nitrogens with zero attached hydrogens (tertiary/aromatic N) is 1. The van der Waals surface area contributed by atoms with E-state index in [0.717, 1.165) is 18.8 Å². The Labute approximate surface area is 93.0 Å². The van der Waals surface area contributed by atoms with Gasteiger partial charge in [0, 0.05) is 17.5 Å². The zero-order valence-corrected chi connectivity index (χ0v) is 8.72. The van der Waals surface area contributed by atoms with Crippen LogP contribution in [0.1, 0.15) is 11.5 Å². The summed E-state index contributed by atoms with van der Waals surface area (Å²) < 4.78 is 10.3. The van der Waals surface area contributed by atoms with Crippen molar-refractivity contribution in [3.05, 3.63) is 35.9 Å². The van der Waals surface area contributed by atoms with Crippen LogP contribution in [-0.2, 0) is 4.74 Å². The van der Waals surface area contributed by atoms with Crippen LogP contribution in [0.2, 0.25) is 0 Å². The lowest BCUT2D eigenvalue weighted by atomic mass is 9.96. The van der Waals surface area contributed by atoms with Crippen LogP contribution in [0.4, 0.5) is 5.82 Å². The summed E-state index contributed by atoms with van der Waals surface area (Å²) in [7, 11) is 0. The lowest BCUT2D eigenvalue weighted by Gasteiger charge is -2.26. The lowest BCUT2D eigenvalue weighted by molar-refractivity contribution is 0.00843. The molecule has 0 radical (unpaired) electrons. The first-order valence-corrected chi connectivity index (χ1v) is 5.23. The fourth-order valence-corrected chi connectivity index (χ4v) is 1.77. The van der Waals surface area contributed by atoms with Gasteiger partial charge >= 0.3 is 0 Å². The molecule has 16 heavy (non-hydrogen) atoms. The Hall–Kier alpha value is -1.81. The van der Waals surface area contributed by atoms with E-state index in [9.17, 15) is 0 Å². The molecule has 4 heteroatoms. The number of nitrogens with two attached hydrogens (primary N) is 1. The highest BCUT2D eigenvalue weighted by Gasteiger charge is 2.20. The van der Waals surface area contributed by atoms with E-state index in [4.69, 9.17) is 15.0 Å². The van der Waals surface area contributed by atoms with Gasteiger partial charge in [0.2, 0.25) is 0 Å². The van der Waals surface area contributed by atoms with Crippen LogP contribution in [0.15, 0.2) is 34.9 Å². The number of hydrogen-bond donors (Lipinski definition) is 1. The molecule has 4 nitrogen and oxygen atoms in total. The Balaban J connectivity index is 1.86. The van der Waals surface area contributed by atoms with Gasteiger partial charge in [0.05, 0.1) is 13.2 Å². The highest BCUT2D eigenvalue weighted by molar-refractivity contribution is 5.60. The first-order chi connectivity index (χ1) is 7.83. The minimum atomic E-state index is 0.409. The van der Waals surface area contributed by atoms with Gasteiger partial charge < -0.3 is 15.0 Å². The molecule has 1 aliphatic rings. The molecule has 1 saturated heterocycles. The number of nitrogen functional groups attached to an aromatic ring is 1. The standard InChI is InChI=1S/C12H12N2O2/c13-12-5-11(16-14-12)9-3-1-8(2-4-9)10-6-15-7-10/h1-5,10H,6-7H2,(H2,13,14). The van der Waals surface area contributed by atoms with E-state index in [2.05, 4.69) is 17.3 Å². The van der Waals surface area contributed by atoms with Crippen molar-refractivity contribution in [1.29, 1.82) is 0 Å². The van der Waals surface area contributed by atoms with E-state index < -0.39 is 0 Å². The van der Waals surface area contributed by atoms with Gasteiger partial charge in [-0.05, 0) is 5.56 Å². The maximum atomic E-state index is 5.50. The minimum Gasteiger partial charge on any atom is -0.381 e. The molecule has 3 rings (SSSR count). The Morgan fingerprint density at radius 1 is 1.19 bits per heavy atom. The molecule has 2 aromatic rings. The molecule has 0 amide bonds. The molecule has 1 aromatic carbocycles. The average molecular weight is 216 g/mol. The number of hydrogen-bond acceptors (Lipinski definition) is 4. The van der Waals surface area contributed by atoms with E-state index in [0.29, 0.717) is 17.5 Å². The lowest BCUT2D eigenvalue weighted by Crippen LogP contribution is -2.24. The van der Waals surface area contributed by atoms with Crippen molar-refractivity contribution in [3.63, 3.8) is 0 Å². The Morgan fingerprint density at radius 3 is 2.44 bits per heavy atom. The summed E-state index contributed by atoms with van der Waals surface area (Å²) in [6, 6.07) is 9.96. The van der Waals surface area contributed by atoms with Gasteiger partial charge in [-0.3, -0.25) is 0 Å². The third kappa shape index (κ3) is 1.57. The summed E-state index contributed by atoms with van der Waals surface area (Å²) >= 11 is 0. The highest BCUT2D eigenvalue weighted by Crippen LogP contribution is 2.27. The molecule has 0 spiro atoms. The van der Waals surface area contributed by atoms with Crippen LogP contribution < -0.4 is 5.73 Å². The van der Waals surface area contributed by atoms with Crippen LogP contribution in [0, 0.1) is 0 Å². The molecule has 0 unspecified atom stereocenters. The van der Waals surface area contributed by atoms with E-state index in [1.807, 2.05) is 12.1 Å². The van der Waals surface area contributed by atoms with E-state index in [1.54, 1.807) is 6.07 Å². The predicted octanol–water partition coefficient (Wildman–Crippen LogP) is 2.04. The van der Waals surface area contributed by atoms with E-state index in [1.165, 1.54) is 5.56 Å². The highest BCUT2D eigenvalue weighted by atomic mass is 16.5. The molecule has 0 saturated carbocycles. The summed E-state index contributed by atoms with van der Waals surface area (Å²) in [5.74, 6) is 1.66. The van der Waals surface area contributed by atoms with Crippen molar-refractivity contribution in [2.45, 2.75) is 5.92 Å². The van der Waals surface area contributed by atoms with Crippen molar-refractivity contribution >= 4 is 5.82 Å². The van der Waals surface area contributed by atoms with Crippen LogP contribution in [0.25, 0.3) is 11.3 Å². The monoisotopic (exact) mass is 216 g/mol. The van der Waals surface area contributed by atoms with Crippen molar-refractivity contribution < 1.29 is 9.26 Å². The summed E-state index contributed by atoms with van der Waals surface area (Å²) in [6.07, 6.45) is 0. The van der Waals surface area contributed by atoms with Gasteiger partial charge in [0.25, 0.3) is 0 Å².